The Morgan fingerprint density at radius 1 is 0.343 bits per heavy atom. The third-order valence-corrected chi connectivity index (χ3v) is 21.3. The highest BCUT2D eigenvalue weighted by atomic mass is 32.2. The van der Waals surface area contributed by atoms with Crippen LogP contribution in [0, 0.1) is 52.5 Å². The fourth-order valence-electron chi connectivity index (χ4n) is 8.14. The average molecular weight is 1620 g/mol. The van der Waals surface area contributed by atoms with Crippen LogP contribution in [0.25, 0.3) is 0 Å². The molecule has 0 spiro atoms. The maximum atomic E-state index is 13.6. The molecule has 23 N–H and O–H groups in total. The van der Waals surface area contributed by atoms with E-state index in [-0.39, 0.29) is 64.7 Å². The Bertz CT molecular complexity index is 4260. The second-order valence-corrected chi connectivity index (χ2v) is 31.3. The molecule has 0 heterocycles. The number of aliphatic imine (C=N–C) groups is 4. The van der Waals surface area contributed by atoms with Gasteiger partial charge in [-0.05, 0) is 154 Å². The van der Waals surface area contributed by atoms with Crippen molar-refractivity contribution in [2.24, 2.45) is 71.6 Å². The number of thioether (sulfide) groups is 4. The first-order valence-corrected chi connectivity index (χ1v) is 39.2. The van der Waals surface area contributed by atoms with Crippen molar-refractivity contribution >= 4 is 204 Å². The summed E-state index contributed by atoms with van der Waals surface area (Å²) in [6, 6.07) is 51.7. The maximum Gasteiger partial charge on any atom is 0.151 e. The van der Waals surface area contributed by atoms with E-state index in [0.29, 0.717) is 42.6 Å². The summed E-state index contributed by atoms with van der Waals surface area (Å²) in [7, 11) is 1.64. The highest BCUT2D eigenvalue weighted by Gasteiger charge is 2.15. The molecule has 0 amide bonds. The molecule has 0 saturated heterocycles. The SMILES string of the molecule is COc1ccc(Sc2ccccc2CN=C(N)S)c(CSC(=N)N)c1.Cc1ccc(CSC(=N)N)c(Sc2ccc(F)cc2CN=C(N)S)c1.Cc1ccc(CSC(=N)N)c(Sc2ccccc2CN=C(N)S)c1.N=C(N)S.N=C(N)SCc1cc(F)ccc1Sc1ccccc1CN=C(N)S. The van der Waals surface area contributed by atoms with Gasteiger partial charge in [0.1, 0.15) is 22.6 Å². The number of methoxy groups -OCH3 is 1. The summed E-state index contributed by atoms with van der Waals surface area (Å²) in [5, 5.41) is 36.8. The van der Waals surface area contributed by atoms with Crippen LogP contribution in [-0.4, -0.2) is 53.6 Å². The van der Waals surface area contributed by atoms with Crippen molar-refractivity contribution in [1.29, 1.82) is 27.0 Å². The van der Waals surface area contributed by atoms with Crippen molar-refractivity contribution < 1.29 is 13.5 Å². The number of nitrogens with two attached hydrogens (primary N) is 9. The summed E-state index contributed by atoms with van der Waals surface area (Å²) in [5.74, 6) is 2.50. The van der Waals surface area contributed by atoms with Crippen molar-refractivity contribution in [3.8, 4) is 5.75 Å². The normalized spacial score (nSPS) is 11.3. The van der Waals surface area contributed by atoms with Gasteiger partial charge in [-0.3, -0.25) is 47.0 Å². The van der Waals surface area contributed by atoms with E-state index in [1.165, 1.54) is 93.5 Å². The largest absolute Gasteiger partial charge is 0.497 e. The van der Waals surface area contributed by atoms with Crippen LogP contribution in [0.2, 0.25) is 0 Å². The Kier molecular flexibility index (Phi) is 40.8. The van der Waals surface area contributed by atoms with Gasteiger partial charge in [0.25, 0.3) is 0 Å². The molecular formula is C68H80F2N18OS13. The van der Waals surface area contributed by atoms with Crippen molar-refractivity contribution in [3.63, 3.8) is 0 Å². The van der Waals surface area contributed by atoms with Crippen molar-refractivity contribution in [2.75, 3.05) is 7.11 Å². The summed E-state index contributed by atoms with van der Waals surface area (Å²) >= 11 is 30.8. The third-order valence-electron chi connectivity index (χ3n) is 12.7. The quantitative estimate of drug-likeness (QED) is 0.0144. The predicted molar refractivity (Wildman–Crippen MR) is 455 cm³/mol. The molecule has 0 fully saturated rings. The number of aryl methyl sites for hydroxylation is 2. The zero-order valence-corrected chi connectivity index (χ0v) is 66.4. The van der Waals surface area contributed by atoms with Gasteiger partial charge in [-0.25, -0.2) is 8.78 Å². The van der Waals surface area contributed by atoms with E-state index >= 15 is 0 Å². The summed E-state index contributed by atoms with van der Waals surface area (Å²) in [6.07, 6.45) is 0. The number of hydrogen-bond donors (Lipinski definition) is 19. The monoisotopic (exact) mass is 1620 g/mol. The van der Waals surface area contributed by atoms with Gasteiger partial charge in [-0.1, -0.05) is 173 Å². The maximum absolute atomic E-state index is 13.6. The minimum Gasteiger partial charge on any atom is -0.497 e. The number of hydrogen-bond acceptors (Lipinski definition) is 18. The van der Waals surface area contributed by atoms with E-state index in [9.17, 15) is 8.78 Å². The Hall–Kier alpha value is -6.80. The second-order valence-electron chi connectivity index (χ2n) is 20.6. The number of halogens is 2. The van der Waals surface area contributed by atoms with Gasteiger partial charge >= 0.3 is 0 Å². The Morgan fingerprint density at radius 2 is 0.618 bits per heavy atom. The van der Waals surface area contributed by atoms with Gasteiger partial charge < -0.3 is 56.3 Å². The van der Waals surface area contributed by atoms with Crippen molar-refractivity contribution in [3.05, 3.63) is 231 Å². The fourth-order valence-corrected chi connectivity index (χ4v) is 15.4. The predicted octanol–water partition coefficient (Wildman–Crippen LogP) is 15.5. The molecule has 0 aliphatic rings. The Labute approximate surface area is 655 Å². The number of nitrogens with one attached hydrogen (secondary N) is 5. The van der Waals surface area contributed by atoms with Crippen LogP contribution in [0.15, 0.2) is 223 Å². The first-order chi connectivity index (χ1) is 48.5. The highest BCUT2D eigenvalue weighted by molar-refractivity contribution is 8.14. The molecule has 102 heavy (non-hydrogen) atoms. The number of nitrogens with zero attached hydrogens (tertiary/aromatic N) is 4. The molecule has 8 rings (SSSR count). The molecule has 0 aliphatic heterocycles. The molecule has 0 aliphatic carbocycles. The van der Waals surface area contributed by atoms with Crippen molar-refractivity contribution in [2.45, 2.75) is 102 Å². The molecular weight excluding hydrogens is 1540 g/mol. The Balaban J connectivity index is 0.000000283. The summed E-state index contributed by atoms with van der Waals surface area (Å²) < 4.78 is 32.5. The van der Waals surface area contributed by atoms with E-state index in [2.05, 4.69) is 132 Å². The van der Waals surface area contributed by atoms with E-state index in [1.807, 2.05) is 97.9 Å². The molecule has 0 bridgehead atoms. The van der Waals surface area contributed by atoms with Gasteiger partial charge in [0, 0.05) is 62.2 Å². The zero-order chi connectivity index (χ0) is 75.3. The highest BCUT2D eigenvalue weighted by Crippen LogP contribution is 2.40. The Morgan fingerprint density at radius 3 is 0.951 bits per heavy atom. The van der Waals surface area contributed by atoms with Gasteiger partial charge in [0.15, 0.2) is 41.3 Å². The van der Waals surface area contributed by atoms with Crippen LogP contribution >= 0.6 is 157 Å². The van der Waals surface area contributed by atoms with Gasteiger partial charge in [0.05, 0.1) is 33.3 Å². The summed E-state index contributed by atoms with van der Waals surface area (Å²) in [4.78, 5) is 24.9. The first-order valence-electron chi connectivity index (χ1n) is 29.7. The van der Waals surface area contributed by atoms with Crippen LogP contribution in [0.4, 0.5) is 8.78 Å². The van der Waals surface area contributed by atoms with Crippen LogP contribution in [0.5, 0.6) is 5.75 Å². The molecule has 0 atom stereocenters. The summed E-state index contributed by atoms with van der Waals surface area (Å²) in [6.45, 7) is 5.76. The molecule has 0 aromatic heterocycles. The lowest BCUT2D eigenvalue weighted by Gasteiger charge is -2.13. The molecule has 540 valence electrons. The van der Waals surface area contributed by atoms with E-state index < -0.39 is 0 Å². The topological polar surface area (TPSA) is 412 Å². The molecule has 8 aromatic carbocycles. The van der Waals surface area contributed by atoms with Crippen LogP contribution in [0.1, 0.15) is 55.6 Å². The van der Waals surface area contributed by atoms with Gasteiger partial charge in [-0.2, -0.15) is 0 Å². The number of amidine groups is 9. The van der Waals surface area contributed by atoms with E-state index in [0.717, 1.165) is 90.1 Å². The fraction of sp³-hybridized carbons (Fsp3) is 0.162. The van der Waals surface area contributed by atoms with Crippen LogP contribution in [0.3, 0.4) is 0 Å². The van der Waals surface area contributed by atoms with Crippen LogP contribution in [-0.2, 0) is 49.2 Å². The standard InChI is InChI=1S/C17H19FN4S3.C17H20N4OS3.C17H20N4S3.C16H17FN4S3.CH4N2S/c1-10-2-3-11(9-24-16(19)20)15(6-10)25-14-5-4-13(18)7-12(14)8-22-17(21)23;1-22-13-6-7-15(12(8-13)10-24-16(18)19)25-14-5-3-2-4-11(14)9-21-17(20)23;1-11-6-7-13(10-23-16(18)19)15(8-11)24-14-5-3-2-4-12(14)9-21-17(20)22;17-12-5-6-14(11(7-12)9-23-15(18)19)24-13-4-2-1-3-10(13)8-21-16(20)22;2-1(3)4/h2-7H,8-9H2,1H3,(H3,19,20)(H3,21,22,23);2-8H,9-10H2,1H3,(H3,18,19)(H3,20,21,23);2-8H,9-10H2,1H3,(H3,18,19)(H3,20,21,22);1-7H,8-9H2,(H3,18,19)(H3,20,21,22);(H4,2,3,4). The molecule has 19 nitrogen and oxygen atoms in total. The molecule has 34 heteroatoms. The summed E-state index contributed by atoms with van der Waals surface area (Å²) in [5.41, 5.74) is 58.7. The molecule has 0 radical (unpaired) electrons. The number of ether oxygens (including phenoxy) is 1. The van der Waals surface area contributed by atoms with Gasteiger partial charge in [-0.15, -0.1) is 63.1 Å². The van der Waals surface area contributed by atoms with Crippen molar-refractivity contribution in [1.82, 2.24) is 0 Å². The number of thiol groups is 5. The third kappa shape index (κ3) is 35.6. The van der Waals surface area contributed by atoms with E-state index in [4.69, 9.17) is 77.7 Å². The minimum atomic E-state index is -0.316. The number of benzene rings is 8. The van der Waals surface area contributed by atoms with Gasteiger partial charge in [0.2, 0.25) is 0 Å². The molecule has 8 aromatic rings. The van der Waals surface area contributed by atoms with Crippen LogP contribution < -0.4 is 56.3 Å². The molecule has 0 saturated carbocycles. The minimum absolute atomic E-state index is 0.00852. The lowest BCUT2D eigenvalue weighted by molar-refractivity contribution is 0.414. The molecule has 0 unspecified atom stereocenters. The lowest BCUT2D eigenvalue weighted by Crippen LogP contribution is -2.04. The second kappa shape index (κ2) is 47.5. The zero-order valence-electron chi connectivity index (χ0n) is 55.4. The first kappa shape index (κ1) is 87.6. The van der Waals surface area contributed by atoms with E-state index in [1.54, 1.807) is 54.5 Å². The number of rotatable bonds is 25. The lowest BCUT2D eigenvalue weighted by atomic mass is 10.2. The smallest absolute Gasteiger partial charge is 0.151 e. The average Bonchev–Trinajstić information content (AvgIpc) is 0.857.